The predicted octanol–water partition coefficient (Wildman–Crippen LogP) is 18.0. The second-order valence-corrected chi connectivity index (χ2v) is 24.0. The first-order valence-corrected chi connectivity index (χ1v) is 26.5. The van der Waals surface area contributed by atoms with Gasteiger partial charge in [0.1, 0.15) is 12.5 Å². The summed E-state index contributed by atoms with van der Waals surface area (Å²) in [5, 5.41) is 2.42. The van der Waals surface area contributed by atoms with Gasteiger partial charge in [0, 0.05) is 44.6 Å². The molecule has 1 aliphatic heterocycles. The van der Waals surface area contributed by atoms with Crippen molar-refractivity contribution < 1.29 is 0 Å². The van der Waals surface area contributed by atoms with Gasteiger partial charge in [-0.05, 0) is 135 Å². The Balaban J connectivity index is 1.04. The highest BCUT2D eigenvalue weighted by molar-refractivity contribution is 6.09. The molecule has 0 fully saturated rings. The molecule has 2 aromatic heterocycles. The maximum atomic E-state index is 5.24. The number of fused-ring (bicyclic) bond motifs is 4. The predicted molar refractivity (Wildman–Crippen MR) is 314 cm³/mol. The quantitative estimate of drug-likeness (QED) is 0.136. The zero-order valence-corrected chi connectivity index (χ0v) is 45.2. The van der Waals surface area contributed by atoms with E-state index in [0.29, 0.717) is 0 Å². The minimum Gasteiger partial charge on any atom is -0.321 e. The number of nitrogens with zero attached hydrogens (tertiary/aromatic N) is 4. The second kappa shape index (κ2) is 18.1. The third-order valence-electron chi connectivity index (χ3n) is 16.5. The largest absolute Gasteiger partial charge is 0.321 e. The zero-order chi connectivity index (χ0) is 51.8. The van der Waals surface area contributed by atoms with Gasteiger partial charge in [0.05, 0.1) is 22.4 Å². The van der Waals surface area contributed by atoms with Crippen LogP contribution in [0.5, 0.6) is 0 Å². The Kier molecular flexibility index (Phi) is 11.9. The molecular formula is C70H70N4. The van der Waals surface area contributed by atoms with Gasteiger partial charge in [-0.1, -0.05) is 209 Å². The Hall–Kier alpha value is -7.69. The van der Waals surface area contributed by atoms with E-state index in [1.165, 1.54) is 83.6 Å². The summed E-state index contributed by atoms with van der Waals surface area (Å²) < 4.78 is 2.41. The Bertz CT molecular complexity index is 3610. The van der Waals surface area contributed by atoms with Crippen LogP contribution in [-0.4, -0.2) is 16.2 Å². The maximum Gasteiger partial charge on any atom is 0.137 e. The number of para-hydroxylation sites is 2. The van der Waals surface area contributed by atoms with Crippen molar-refractivity contribution in [3.63, 3.8) is 0 Å². The van der Waals surface area contributed by atoms with Crippen molar-refractivity contribution in [1.82, 2.24) is 9.55 Å². The molecule has 0 saturated heterocycles. The second-order valence-electron chi connectivity index (χ2n) is 24.0. The van der Waals surface area contributed by atoms with Crippen molar-refractivity contribution in [3.05, 3.63) is 263 Å². The molecule has 0 radical (unpaired) electrons. The molecule has 1 aliphatic rings. The molecule has 370 valence electrons. The Labute approximate surface area is 440 Å². The van der Waals surface area contributed by atoms with Crippen molar-refractivity contribution in [1.29, 1.82) is 0 Å². The highest BCUT2D eigenvalue weighted by atomic mass is 15.4. The smallest absolute Gasteiger partial charge is 0.137 e. The van der Waals surface area contributed by atoms with Crippen molar-refractivity contribution in [2.24, 2.45) is 0 Å². The van der Waals surface area contributed by atoms with Gasteiger partial charge in [-0.3, -0.25) is 4.57 Å². The van der Waals surface area contributed by atoms with Crippen LogP contribution >= 0.6 is 0 Å². The molecule has 0 saturated carbocycles. The number of aromatic nitrogens is 2. The van der Waals surface area contributed by atoms with Gasteiger partial charge in [0.15, 0.2) is 0 Å². The molecule has 4 nitrogen and oxygen atoms in total. The summed E-state index contributed by atoms with van der Waals surface area (Å²) in [6.07, 6.45) is 2.00. The van der Waals surface area contributed by atoms with Crippen molar-refractivity contribution in [3.8, 4) is 5.82 Å². The fourth-order valence-electron chi connectivity index (χ4n) is 11.5. The van der Waals surface area contributed by atoms with E-state index in [4.69, 9.17) is 4.98 Å². The lowest BCUT2D eigenvalue weighted by atomic mass is 9.71. The first kappa shape index (κ1) is 48.6. The van der Waals surface area contributed by atoms with Crippen molar-refractivity contribution in [2.75, 3.05) is 16.5 Å². The average Bonchev–Trinajstić information content (AvgIpc) is 3.99. The molecule has 3 heterocycles. The zero-order valence-electron chi connectivity index (χ0n) is 45.2. The number of anilines is 4. The standard InChI is InChI=1S/C70H70N4/c1-66(2,3)55-40-56(67(4,5)6)43-58(42-55)73-47-72(62-32-21-22-33-63(62)73)57-31-23-30-51(41-57)69(9,10)53-34-36-59-60-44-52(68(7,8)48-24-15-12-16-25-48)35-37-61(60)74(64(59)45-53)65-46-54(38-39-71-65)70(11,49-26-17-13-18-27-49)50-28-19-14-20-29-50/h12-46H,47H2,1-11H3. The van der Waals surface area contributed by atoms with Crippen LogP contribution in [0.1, 0.15) is 126 Å². The van der Waals surface area contributed by atoms with E-state index >= 15 is 0 Å². The number of rotatable bonds is 10. The lowest BCUT2D eigenvalue weighted by molar-refractivity contribution is 0.568. The molecule has 8 aromatic carbocycles. The van der Waals surface area contributed by atoms with Gasteiger partial charge in [0.25, 0.3) is 0 Å². The molecule has 0 atom stereocenters. The highest BCUT2D eigenvalue weighted by Gasteiger charge is 2.34. The lowest BCUT2D eigenvalue weighted by Crippen LogP contribution is -2.26. The van der Waals surface area contributed by atoms with E-state index in [0.717, 1.165) is 23.5 Å². The molecule has 4 heteroatoms. The van der Waals surface area contributed by atoms with Gasteiger partial charge in [0.2, 0.25) is 0 Å². The van der Waals surface area contributed by atoms with Crippen LogP contribution in [0, 0.1) is 0 Å². The van der Waals surface area contributed by atoms with Crippen LogP contribution in [0.4, 0.5) is 22.7 Å². The summed E-state index contributed by atoms with van der Waals surface area (Å²) in [7, 11) is 0. The fraction of sp³-hybridized carbons (Fsp3) is 0.243. The minimum absolute atomic E-state index is 0.0150. The van der Waals surface area contributed by atoms with Crippen LogP contribution in [-0.2, 0) is 27.1 Å². The van der Waals surface area contributed by atoms with Crippen LogP contribution < -0.4 is 9.80 Å². The van der Waals surface area contributed by atoms with E-state index in [9.17, 15) is 0 Å². The van der Waals surface area contributed by atoms with Gasteiger partial charge in [-0.25, -0.2) is 4.98 Å². The fourth-order valence-corrected chi connectivity index (χ4v) is 11.5. The average molecular weight is 967 g/mol. The molecule has 11 rings (SSSR count). The molecule has 74 heavy (non-hydrogen) atoms. The van der Waals surface area contributed by atoms with E-state index < -0.39 is 5.41 Å². The van der Waals surface area contributed by atoms with Crippen LogP contribution in [0.15, 0.2) is 212 Å². The number of hydrogen-bond donors (Lipinski definition) is 0. The SMILES string of the molecule is CC(C)(C)c1cc(N2CN(c3cccc(C(C)(C)c4ccc5c6cc(C(C)(C)c7ccccc7)ccc6n(-c6cc(C(C)(c7ccccc7)c7ccccc7)ccn6)c5c4)c3)c3ccccc32)cc(C(C)(C)C)c1. The summed E-state index contributed by atoms with van der Waals surface area (Å²) in [5.41, 5.74) is 17.6. The number of benzene rings is 8. The molecular weight excluding hydrogens is 897 g/mol. The summed E-state index contributed by atoms with van der Waals surface area (Å²) in [5.74, 6) is 0.896. The Morgan fingerprint density at radius 2 is 0.824 bits per heavy atom. The monoisotopic (exact) mass is 967 g/mol. The molecule has 0 N–H and O–H groups in total. The van der Waals surface area contributed by atoms with Crippen LogP contribution in [0.25, 0.3) is 27.6 Å². The molecule has 0 bridgehead atoms. The first-order valence-electron chi connectivity index (χ1n) is 26.5. The highest BCUT2D eigenvalue weighted by Crippen LogP contribution is 2.48. The Morgan fingerprint density at radius 1 is 0.338 bits per heavy atom. The van der Waals surface area contributed by atoms with Crippen LogP contribution in [0.2, 0.25) is 0 Å². The number of pyridine rings is 1. The molecule has 0 amide bonds. The maximum absolute atomic E-state index is 5.24. The van der Waals surface area contributed by atoms with Gasteiger partial charge < -0.3 is 9.80 Å². The summed E-state index contributed by atoms with van der Waals surface area (Å²) in [6.45, 7) is 26.4. The third-order valence-corrected chi connectivity index (χ3v) is 16.5. The molecule has 0 spiro atoms. The normalized spacial score (nSPS) is 13.5. The van der Waals surface area contributed by atoms with E-state index in [2.05, 4.69) is 297 Å². The van der Waals surface area contributed by atoms with Crippen molar-refractivity contribution >= 4 is 44.6 Å². The summed E-state index contributed by atoms with van der Waals surface area (Å²) in [4.78, 5) is 10.2. The molecule has 0 aliphatic carbocycles. The van der Waals surface area contributed by atoms with Crippen LogP contribution in [0.3, 0.4) is 0 Å². The van der Waals surface area contributed by atoms with E-state index in [1.807, 2.05) is 6.20 Å². The Morgan fingerprint density at radius 3 is 1.42 bits per heavy atom. The third kappa shape index (κ3) is 8.39. The minimum atomic E-state index is -0.428. The van der Waals surface area contributed by atoms with E-state index in [1.54, 1.807) is 0 Å². The van der Waals surface area contributed by atoms with Gasteiger partial charge in [-0.15, -0.1) is 0 Å². The lowest BCUT2D eigenvalue weighted by Gasteiger charge is -2.32. The summed E-state index contributed by atoms with van der Waals surface area (Å²) >= 11 is 0. The molecule has 0 unspecified atom stereocenters. The first-order chi connectivity index (χ1) is 35.3. The molecule has 10 aromatic rings. The summed E-state index contributed by atoms with van der Waals surface area (Å²) in [6, 6.07) is 76.8. The van der Waals surface area contributed by atoms with Crippen molar-refractivity contribution in [2.45, 2.75) is 103 Å². The van der Waals surface area contributed by atoms with Gasteiger partial charge in [-0.2, -0.15) is 0 Å². The van der Waals surface area contributed by atoms with E-state index in [-0.39, 0.29) is 21.7 Å². The topological polar surface area (TPSA) is 24.3 Å². The van der Waals surface area contributed by atoms with Gasteiger partial charge >= 0.3 is 0 Å². The number of hydrogen-bond acceptors (Lipinski definition) is 3.